The van der Waals surface area contributed by atoms with Gasteiger partial charge < -0.3 is 25.0 Å². The fourth-order valence-corrected chi connectivity index (χ4v) is 6.24. The minimum absolute atomic E-state index is 0.124. The van der Waals surface area contributed by atoms with Crippen molar-refractivity contribution < 1.29 is 23.9 Å². The summed E-state index contributed by atoms with van der Waals surface area (Å²) in [4.78, 5) is 42.5. The second-order valence-electron chi connectivity index (χ2n) is 11.4. The molecule has 0 aromatic heterocycles. The Hall–Kier alpha value is -1.93. The predicted molar refractivity (Wildman–Crippen MR) is 128 cm³/mol. The van der Waals surface area contributed by atoms with Gasteiger partial charge in [0.25, 0.3) is 0 Å². The number of carbonyl (C=O) groups is 3. The third kappa shape index (κ3) is 4.51. The van der Waals surface area contributed by atoms with Crippen molar-refractivity contribution in [2.24, 2.45) is 17.8 Å². The van der Waals surface area contributed by atoms with E-state index in [4.69, 9.17) is 9.47 Å². The molecule has 2 N–H and O–H groups in total. The highest BCUT2D eigenvalue weighted by atomic mass is 16.5. The van der Waals surface area contributed by atoms with Crippen LogP contribution in [-0.2, 0) is 23.9 Å². The van der Waals surface area contributed by atoms with E-state index >= 15 is 0 Å². The molecule has 34 heavy (non-hydrogen) atoms. The number of likely N-dealkylation sites (tertiary alicyclic amines) is 1. The number of nitrogens with zero attached hydrogens (tertiary/aromatic N) is 1. The fourth-order valence-electron chi connectivity index (χ4n) is 6.24. The number of nitrogens with one attached hydrogen (secondary N) is 2. The van der Waals surface area contributed by atoms with Crippen LogP contribution < -0.4 is 10.6 Å². The first kappa shape index (κ1) is 25.2. The Balaban J connectivity index is 1.59. The van der Waals surface area contributed by atoms with Gasteiger partial charge in [-0.05, 0) is 52.9 Å². The van der Waals surface area contributed by atoms with Crippen LogP contribution in [0.25, 0.3) is 0 Å². The summed E-state index contributed by atoms with van der Waals surface area (Å²) in [6.45, 7) is 11.4. The fraction of sp³-hybridized carbons (Fsp3) is 0.808. The van der Waals surface area contributed by atoms with Crippen LogP contribution in [0.3, 0.4) is 0 Å². The molecule has 3 heterocycles. The summed E-state index contributed by atoms with van der Waals surface area (Å²) in [5.74, 6) is -1.43. The minimum atomic E-state index is -1.11. The van der Waals surface area contributed by atoms with E-state index in [1.165, 1.54) is 6.42 Å². The Morgan fingerprint density at radius 3 is 2.65 bits per heavy atom. The predicted octanol–water partition coefficient (Wildman–Crippen LogP) is 2.17. The van der Waals surface area contributed by atoms with E-state index in [9.17, 15) is 14.4 Å². The third-order valence-corrected chi connectivity index (χ3v) is 7.75. The third-order valence-electron chi connectivity index (χ3n) is 7.75. The molecule has 4 aliphatic rings. The molecular formula is C26H41N3O5. The van der Waals surface area contributed by atoms with Crippen molar-refractivity contribution >= 4 is 17.7 Å². The summed E-state index contributed by atoms with van der Waals surface area (Å²) in [6.07, 6.45) is 8.23. The number of hydrogen-bond acceptors (Lipinski definition) is 5. The molecule has 0 radical (unpaired) electrons. The van der Waals surface area contributed by atoms with Gasteiger partial charge >= 0.3 is 0 Å². The molecule has 3 aliphatic heterocycles. The molecular weight excluding hydrogens is 434 g/mol. The topological polar surface area (TPSA) is 97.0 Å². The smallest absolute Gasteiger partial charge is 0.246 e. The standard InChI is InChI=1S/C26H41N3O5/c1-6-33-15-9-14-29-21(23(31)28-25(3,4)5)26-13-12-18(34-26)19(20(26)24(29)32)22(30)27-17-11-8-7-10-16(17)2/h12-13,16-21H,6-11,14-15H2,1-5H3,(H,27,30)(H,28,31)/t16-,17+,18+,19-,20+,21-,26-/m0/s1. The van der Waals surface area contributed by atoms with Gasteiger partial charge in [0.15, 0.2) is 0 Å². The van der Waals surface area contributed by atoms with Gasteiger partial charge in [-0.2, -0.15) is 0 Å². The zero-order valence-electron chi connectivity index (χ0n) is 21.3. The summed E-state index contributed by atoms with van der Waals surface area (Å²) < 4.78 is 11.8. The van der Waals surface area contributed by atoms with E-state index in [2.05, 4.69) is 17.6 Å². The summed E-state index contributed by atoms with van der Waals surface area (Å²) in [5.41, 5.74) is -1.57. The molecule has 3 fully saturated rings. The highest BCUT2D eigenvalue weighted by Crippen LogP contribution is 2.55. The molecule has 1 saturated carbocycles. The maximum absolute atomic E-state index is 13.8. The number of fused-ring (bicyclic) bond motifs is 1. The Bertz CT molecular complexity index is 837. The molecule has 3 amide bonds. The average molecular weight is 476 g/mol. The second kappa shape index (κ2) is 9.61. The maximum atomic E-state index is 13.8. The van der Waals surface area contributed by atoms with E-state index in [0.717, 1.165) is 19.3 Å². The number of hydrogen-bond donors (Lipinski definition) is 2. The van der Waals surface area contributed by atoms with Crippen molar-refractivity contribution in [1.29, 1.82) is 0 Å². The number of carbonyl (C=O) groups excluding carboxylic acids is 3. The molecule has 4 rings (SSSR count). The van der Waals surface area contributed by atoms with Crippen LogP contribution in [0.5, 0.6) is 0 Å². The maximum Gasteiger partial charge on any atom is 0.246 e. The van der Waals surface area contributed by atoms with E-state index in [0.29, 0.717) is 32.1 Å². The Kier molecular flexibility index (Phi) is 7.11. The van der Waals surface area contributed by atoms with Crippen molar-refractivity contribution in [3.05, 3.63) is 12.2 Å². The first-order chi connectivity index (χ1) is 16.1. The van der Waals surface area contributed by atoms with Crippen molar-refractivity contribution in [2.45, 2.75) is 96.1 Å². The van der Waals surface area contributed by atoms with Gasteiger partial charge in [-0.1, -0.05) is 31.9 Å². The first-order valence-corrected chi connectivity index (χ1v) is 13.0. The van der Waals surface area contributed by atoms with Crippen LogP contribution in [0.2, 0.25) is 0 Å². The van der Waals surface area contributed by atoms with Crippen LogP contribution in [0, 0.1) is 17.8 Å². The van der Waals surface area contributed by atoms with Gasteiger partial charge in [0.1, 0.15) is 11.6 Å². The first-order valence-electron chi connectivity index (χ1n) is 13.0. The molecule has 8 heteroatoms. The lowest BCUT2D eigenvalue weighted by Crippen LogP contribution is -2.58. The van der Waals surface area contributed by atoms with Gasteiger partial charge in [0, 0.05) is 31.3 Å². The molecule has 2 bridgehead atoms. The van der Waals surface area contributed by atoms with E-state index in [1.54, 1.807) is 4.90 Å². The van der Waals surface area contributed by atoms with Crippen molar-refractivity contribution in [2.75, 3.05) is 19.8 Å². The SMILES string of the molecule is CCOCCCN1C(=O)[C@H]2[C@@H](C(=O)N[C@@H]3CCCC[C@@H]3C)[C@H]3C=C[C@@]2(O3)[C@@H]1C(=O)NC(C)(C)C. The highest BCUT2D eigenvalue weighted by Gasteiger charge is 2.72. The van der Waals surface area contributed by atoms with Gasteiger partial charge in [-0.15, -0.1) is 0 Å². The van der Waals surface area contributed by atoms with E-state index in [-0.39, 0.29) is 23.8 Å². The summed E-state index contributed by atoms with van der Waals surface area (Å²) >= 11 is 0. The second-order valence-corrected chi connectivity index (χ2v) is 11.4. The molecule has 190 valence electrons. The van der Waals surface area contributed by atoms with Crippen LogP contribution in [0.15, 0.2) is 12.2 Å². The largest absolute Gasteiger partial charge is 0.382 e. The molecule has 8 nitrogen and oxygen atoms in total. The quantitative estimate of drug-likeness (QED) is 0.414. The van der Waals surface area contributed by atoms with Gasteiger partial charge in [-0.3, -0.25) is 14.4 Å². The molecule has 0 aromatic carbocycles. The lowest BCUT2D eigenvalue weighted by Gasteiger charge is -2.34. The average Bonchev–Trinajstić information content (AvgIpc) is 3.39. The van der Waals surface area contributed by atoms with Gasteiger partial charge in [0.05, 0.1) is 17.9 Å². The van der Waals surface area contributed by atoms with Crippen LogP contribution in [0.4, 0.5) is 0 Å². The Morgan fingerprint density at radius 1 is 1.24 bits per heavy atom. The summed E-state index contributed by atoms with van der Waals surface area (Å²) in [6, 6.07) is -0.683. The lowest BCUT2D eigenvalue weighted by molar-refractivity contribution is -0.142. The van der Waals surface area contributed by atoms with Crippen LogP contribution in [-0.4, -0.2) is 71.7 Å². The zero-order chi connectivity index (χ0) is 24.7. The zero-order valence-corrected chi connectivity index (χ0v) is 21.3. The van der Waals surface area contributed by atoms with Crippen molar-refractivity contribution in [3.63, 3.8) is 0 Å². The molecule has 1 aliphatic carbocycles. The molecule has 7 atom stereocenters. The van der Waals surface area contributed by atoms with Crippen molar-refractivity contribution in [1.82, 2.24) is 15.5 Å². The van der Waals surface area contributed by atoms with Gasteiger partial charge in [-0.25, -0.2) is 0 Å². The lowest BCUT2D eigenvalue weighted by atomic mass is 9.73. The normalized spacial score (nSPS) is 36.6. The van der Waals surface area contributed by atoms with Crippen molar-refractivity contribution in [3.8, 4) is 0 Å². The summed E-state index contributed by atoms with van der Waals surface area (Å²) in [7, 11) is 0. The highest BCUT2D eigenvalue weighted by molar-refractivity contribution is 6.00. The molecule has 0 unspecified atom stereocenters. The monoisotopic (exact) mass is 475 g/mol. The van der Waals surface area contributed by atoms with E-state index < -0.39 is 35.1 Å². The van der Waals surface area contributed by atoms with Crippen LogP contribution in [0.1, 0.15) is 66.7 Å². The van der Waals surface area contributed by atoms with Crippen LogP contribution >= 0.6 is 0 Å². The minimum Gasteiger partial charge on any atom is -0.382 e. The Labute approximate surface area is 203 Å². The molecule has 2 saturated heterocycles. The number of amides is 3. The number of ether oxygens (including phenoxy) is 2. The van der Waals surface area contributed by atoms with E-state index in [1.807, 2.05) is 39.8 Å². The molecule has 0 aromatic rings. The number of rotatable bonds is 8. The summed E-state index contributed by atoms with van der Waals surface area (Å²) in [5, 5.41) is 6.28. The molecule has 1 spiro atoms. The Morgan fingerprint density at radius 2 is 1.97 bits per heavy atom. The van der Waals surface area contributed by atoms with Gasteiger partial charge in [0.2, 0.25) is 17.7 Å².